The summed E-state index contributed by atoms with van der Waals surface area (Å²) in [5.41, 5.74) is 0.633. The van der Waals surface area contributed by atoms with Crippen molar-refractivity contribution in [2.45, 2.75) is 40.5 Å². The minimum atomic E-state index is -0.177. The largest absolute Gasteiger partial charge is 0.438 e. The van der Waals surface area contributed by atoms with Crippen molar-refractivity contribution in [3.05, 3.63) is 17.8 Å². The molecule has 0 aliphatic carbocycles. The molecule has 0 spiro atoms. The third kappa shape index (κ3) is 4.63. The Bertz CT molecular complexity index is 287. The van der Waals surface area contributed by atoms with Gasteiger partial charge in [-0.3, -0.25) is 4.79 Å². The van der Waals surface area contributed by atoms with Crippen LogP contribution in [0.2, 0.25) is 0 Å². The van der Waals surface area contributed by atoms with Crippen molar-refractivity contribution in [2.24, 2.45) is 0 Å². The van der Waals surface area contributed by atoms with Gasteiger partial charge in [-0.1, -0.05) is 27.2 Å². The summed E-state index contributed by atoms with van der Waals surface area (Å²) in [6, 6.07) is 0. The number of oxazole rings is 1. The molecule has 88 valence electrons. The van der Waals surface area contributed by atoms with Crippen LogP contribution in [-0.4, -0.2) is 17.4 Å². The molecule has 0 aromatic carbocycles. The van der Waals surface area contributed by atoms with Gasteiger partial charge < -0.3 is 9.73 Å². The Kier molecular flexibility index (Phi) is 7.32. The molecule has 1 N–H and O–H groups in total. The summed E-state index contributed by atoms with van der Waals surface area (Å²) in [6.07, 6.45) is 3.33. The second kappa shape index (κ2) is 8.03. The van der Waals surface area contributed by atoms with Crippen LogP contribution in [0.1, 0.15) is 51.3 Å². The second-order valence-corrected chi connectivity index (χ2v) is 2.88. The normalized spacial score (nSPS) is 9.07. The zero-order chi connectivity index (χ0) is 11.7. The number of hydrogen-bond acceptors (Lipinski definition) is 3. The van der Waals surface area contributed by atoms with Gasteiger partial charge in [0, 0.05) is 7.97 Å². The number of aryl methyl sites for hydroxylation is 1. The molecule has 0 aliphatic rings. The van der Waals surface area contributed by atoms with Crippen molar-refractivity contribution in [1.82, 2.24) is 10.3 Å². The minimum absolute atomic E-state index is 0. The summed E-state index contributed by atoms with van der Waals surface area (Å²) >= 11 is 0. The molecule has 1 rings (SSSR count). The van der Waals surface area contributed by atoms with Crippen molar-refractivity contribution < 1.29 is 10.6 Å². The Morgan fingerprint density at radius 3 is 2.73 bits per heavy atom. The van der Waals surface area contributed by atoms with Gasteiger partial charge in [0.05, 0.1) is 5.69 Å². The Morgan fingerprint density at radius 2 is 2.27 bits per heavy atom. The molecule has 0 saturated carbocycles. The lowest BCUT2D eigenvalue weighted by Gasteiger charge is -2.00. The van der Waals surface area contributed by atoms with E-state index in [-0.39, 0.29) is 7.33 Å². The Hall–Kier alpha value is -1.32. The Morgan fingerprint density at radius 1 is 1.60 bits per heavy atom. The zero-order valence-electron chi connectivity index (χ0n) is 9.96. The number of hydrogen-bond donors (Lipinski definition) is 1. The van der Waals surface area contributed by atoms with Crippen LogP contribution in [-0.2, 0) is 0 Å². The monoisotopic (exact) mass is 214 g/mol. The summed E-state index contributed by atoms with van der Waals surface area (Å²) in [5, 5.41) is 2.75. The van der Waals surface area contributed by atoms with Gasteiger partial charge >= 0.3 is 0 Å². The van der Waals surface area contributed by atoms with E-state index in [0.29, 0.717) is 18.0 Å². The fourth-order valence-electron chi connectivity index (χ4n) is 0.979. The van der Waals surface area contributed by atoms with Gasteiger partial charge in [0.1, 0.15) is 0 Å². The van der Waals surface area contributed by atoms with Crippen molar-refractivity contribution in [2.75, 3.05) is 6.54 Å². The van der Waals surface area contributed by atoms with E-state index in [4.69, 9.17) is 4.42 Å². The van der Waals surface area contributed by atoms with Crippen LogP contribution in [0, 0.1) is 6.92 Å². The molecule has 4 heteroatoms. The third-order valence-corrected chi connectivity index (χ3v) is 1.77. The van der Waals surface area contributed by atoms with E-state index in [1.54, 1.807) is 6.92 Å². The fourth-order valence-corrected chi connectivity index (χ4v) is 0.979. The van der Waals surface area contributed by atoms with Crippen LogP contribution in [0.15, 0.2) is 10.8 Å². The summed E-state index contributed by atoms with van der Waals surface area (Å²) in [4.78, 5) is 15.2. The highest BCUT2D eigenvalue weighted by atomic mass is 16.3. The molecule has 0 saturated heterocycles. The second-order valence-electron chi connectivity index (χ2n) is 2.88. The molecule has 1 aromatic rings. The number of amides is 1. The van der Waals surface area contributed by atoms with Gasteiger partial charge in [-0.15, -0.1) is 0 Å². The standard InChI is InChI=1S/C9H14N2O2.C2H6.H2/c1-3-4-5-10-9(12)8-7(2)11-6-13-8;1-2;/h6H,3-5H2,1-2H3,(H,10,12);1-2H3;1H. The number of aromatic nitrogens is 1. The third-order valence-electron chi connectivity index (χ3n) is 1.77. The van der Waals surface area contributed by atoms with Crippen LogP contribution in [0.25, 0.3) is 0 Å². The molecular formula is C11H22N2O2. The first kappa shape index (κ1) is 13.7. The molecule has 1 aromatic heterocycles. The summed E-state index contributed by atoms with van der Waals surface area (Å²) < 4.78 is 4.93. The summed E-state index contributed by atoms with van der Waals surface area (Å²) in [5.74, 6) is 0.138. The van der Waals surface area contributed by atoms with Crippen LogP contribution >= 0.6 is 0 Å². The smallest absolute Gasteiger partial charge is 0.288 e. The molecular weight excluding hydrogens is 192 g/mol. The first-order valence-electron chi connectivity index (χ1n) is 5.44. The van der Waals surface area contributed by atoms with Gasteiger partial charge in [0.2, 0.25) is 5.76 Å². The zero-order valence-corrected chi connectivity index (χ0v) is 9.96. The molecule has 0 unspecified atom stereocenters. The first-order chi connectivity index (χ1) is 7.25. The van der Waals surface area contributed by atoms with Gasteiger partial charge in [-0.25, -0.2) is 4.98 Å². The topological polar surface area (TPSA) is 55.1 Å². The highest BCUT2D eigenvalue weighted by Crippen LogP contribution is 2.03. The van der Waals surface area contributed by atoms with Crippen molar-refractivity contribution in [1.29, 1.82) is 0 Å². The van der Waals surface area contributed by atoms with Crippen LogP contribution in [0.5, 0.6) is 0 Å². The molecule has 0 fully saturated rings. The lowest BCUT2D eigenvalue weighted by Crippen LogP contribution is -2.24. The number of nitrogens with zero attached hydrogens (tertiary/aromatic N) is 1. The maximum Gasteiger partial charge on any atom is 0.288 e. The highest BCUT2D eigenvalue weighted by molar-refractivity contribution is 5.92. The van der Waals surface area contributed by atoms with Gasteiger partial charge in [-0.2, -0.15) is 0 Å². The molecule has 15 heavy (non-hydrogen) atoms. The highest BCUT2D eigenvalue weighted by Gasteiger charge is 2.12. The predicted octanol–water partition coefficient (Wildman–Crippen LogP) is 2.79. The molecule has 1 amide bonds. The molecule has 0 bridgehead atoms. The Balaban J connectivity index is 0. The minimum Gasteiger partial charge on any atom is -0.438 e. The lowest BCUT2D eigenvalue weighted by molar-refractivity contribution is 0.0924. The number of unbranched alkanes of at least 4 members (excludes halogenated alkanes) is 1. The van der Waals surface area contributed by atoms with Crippen LogP contribution in [0.4, 0.5) is 0 Å². The average Bonchev–Trinajstić information content (AvgIpc) is 2.68. The number of rotatable bonds is 4. The van der Waals surface area contributed by atoms with Crippen LogP contribution < -0.4 is 5.32 Å². The number of carbonyl (C=O) groups is 1. The van der Waals surface area contributed by atoms with Crippen molar-refractivity contribution >= 4 is 5.91 Å². The van der Waals surface area contributed by atoms with E-state index in [1.807, 2.05) is 13.8 Å². The predicted molar refractivity (Wildman–Crippen MR) is 61.9 cm³/mol. The van der Waals surface area contributed by atoms with E-state index >= 15 is 0 Å². The summed E-state index contributed by atoms with van der Waals surface area (Å²) in [7, 11) is 0. The molecule has 0 atom stereocenters. The van der Waals surface area contributed by atoms with Crippen LogP contribution in [0.3, 0.4) is 0 Å². The molecule has 1 heterocycles. The van der Waals surface area contributed by atoms with E-state index < -0.39 is 0 Å². The quantitative estimate of drug-likeness (QED) is 0.784. The van der Waals surface area contributed by atoms with Gasteiger partial charge in [0.25, 0.3) is 5.91 Å². The fraction of sp³-hybridized carbons (Fsp3) is 0.636. The number of nitrogens with one attached hydrogen (secondary N) is 1. The summed E-state index contributed by atoms with van der Waals surface area (Å²) in [6.45, 7) is 8.51. The number of carbonyl (C=O) groups excluding carboxylic acids is 1. The lowest BCUT2D eigenvalue weighted by atomic mass is 10.3. The molecule has 0 aliphatic heterocycles. The molecule has 4 nitrogen and oxygen atoms in total. The molecule has 0 radical (unpaired) electrons. The van der Waals surface area contributed by atoms with E-state index in [1.165, 1.54) is 6.39 Å². The van der Waals surface area contributed by atoms with E-state index in [9.17, 15) is 4.79 Å². The van der Waals surface area contributed by atoms with Crippen molar-refractivity contribution in [3.8, 4) is 0 Å². The maximum atomic E-state index is 11.4. The average molecular weight is 214 g/mol. The van der Waals surface area contributed by atoms with Gasteiger partial charge in [0.15, 0.2) is 6.39 Å². The maximum absolute atomic E-state index is 11.4. The van der Waals surface area contributed by atoms with E-state index in [2.05, 4.69) is 17.2 Å². The SMILES string of the molecule is CC.CCCCNC(=O)c1ocnc1C.[HH]. The van der Waals surface area contributed by atoms with Crippen molar-refractivity contribution in [3.63, 3.8) is 0 Å². The first-order valence-corrected chi connectivity index (χ1v) is 5.44. The van der Waals surface area contributed by atoms with E-state index in [0.717, 1.165) is 12.8 Å². The Labute approximate surface area is 92.6 Å². The van der Waals surface area contributed by atoms with Gasteiger partial charge in [-0.05, 0) is 13.3 Å².